The second-order valence-electron chi connectivity index (χ2n) is 12.5. The lowest BCUT2D eigenvalue weighted by Gasteiger charge is -2.45. The van der Waals surface area contributed by atoms with Crippen molar-refractivity contribution in [3.05, 3.63) is 70.3 Å². The van der Waals surface area contributed by atoms with Gasteiger partial charge in [-0.1, -0.05) is 53.6 Å². The number of likely N-dealkylation sites (tertiary alicyclic amines) is 3. The summed E-state index contributed by atoms with van der Waals surface area (Å²) in [6, 6.07) is 14.3. The molecule has 220 valence electrons. The Labute approximate surface area is 244 Å². The van der Waals surface area contributed by atoms with Crippen molar-refractivity contribution in [1.29, 1.82) is 0 Å². The van der Waals surface area contributed by atoms with Gasteiger partial charge in [0.2, 0.25) is 5.91 Å². The van der Waals surface area contributed by atoms with Crippen molar-refractivity contribution in [2.24, 2.45) is 23.5 Å². The molecule has 0 radical (unpaired) electrons. The molecule has 0 saturated carbocycles. The van der Waals surface area contributed by atoms with Gasteiger partial charge >= 0.3 is 12.1 Å². The van der Waals surface area contributed by atoms with Crippen LogP contribution in [0.3, 0.4) is 0 Å². The zero-order chi connectivity index (χ0) is 29.4. The van der Waals surface area contributed by atoms with E-state index in [0.29, 0.717) is 44.9 Å². The summed E-state index contributed by atoms with van der Waals surface area (Å²) in [5, 5.41) is 0. The van der Waals surface area contributed by atoms with Gasteiger partial charge in [-0.3, -0.25) is 4.79 Å². The fraction of sp³-hybridized carbons (Fsp3) is 0.545. The van der Waals surface area contributed by atoms with E-state index in [1.54, 1.807) is 4.90 Å². The Bertz CT molecular complexity index is 1280. The van der Waals surface area contributed by atoms with Crippen LogP contribution >= 0.6 is 0 Å². The van der Waals surface area contributed by atoms with Gasteiger partial charge in [-0.15, -0.1) is 0 Å². The number of piperidine rings is 2. The van der Waals surface area contributed by atoms with Crippen LogP contribution < -0.4 is 5.73 Å². The van der Waals surface area contributed by atoms with Crippen molar-refractivity contribution in [3.8, 4) is 0 Å². The van der Waals surface area contributed by atoms with Gasteiger partial charge in [0.05, 0.1) is 12.1 Å². The number of aryl methyl sites for hydroxylation is 3. The fourth-order valence-electron chi connectivity index (χ4n) is 7.39. The summed E-state index contributed by atoms with van der Waals surface area (Å²) in [6.07, 6.45) is 2.19. The predicted molar refractivity (Wildman–Crippen MR) is 160 cm³/mol. The van der Waals surface area contributed by atoms with Gasteiger partial charge < -0.3 is 25.3 Å². The quantitative estimate of drug-likeness (QED) is 0.569. The molecule has 41 heavy (non-hydrogen) atoms. The van der Waals surface area contributed by atoms with E-state index in [0.717, 1.165) is 18.5 Å². The molecule has 8 heteroatoms. The molecule has 3 aliphatic rings. The van der Waals surface area contributed by atoms with E-state index in [9.17, 15) is 14.4 Å². The molecule has 8 nitrogen and oxygen atoms in total. The van der Waals surface area contributed by atoms with Gasteiger partial charge in [0.25, 0.3) is 0 Å². The average molecular weight is 560 g/mol. The minimum Gasteiger partial charge on any atom is -0.351 e. The number of benzene rings is 2. The number of nitrogens with two attached hydrogens (primary N) is 1. The van der Waals surface area contributed by atoms with Crippen molar-refractivity contribution in [2.75, 3.05) is 39.8 Å². The monoisotopic (exact) mass is 559 g/mol. The summed E-state index contributed by atoms with van der Waals surface area (Å²) in [4.78, 5) is 47.1. The molecular formula is C33H45N5O3. The topological polar surface area (TPSA) is 90.2 Å². The van der Waals surface area contributed by atoms with Gasteiger partial charge in [0.1, 0.15) is 0 Å². The molecule has 2 aromatic rings. The summed E-state index contributed by atoms with van der Waals surface area (Å²) in [6.45, 7) is 11.5. The number of nitrogens with zero attached hydrogens (tertiary/aromatic N) is 4. The van der Waals surface area contributed by atoms with Gasteiger partial charge in [-0.25, -0.2) is 9.59 Å². The van der Waals surface area contributed by atoms with E-state index >= 15 is 0 Å². The maximum Gasteiger partial charge on any atom is 0.320 e. The molecule has 0 bridgehead atoms. The summed E-state index contributed by atoms with van der Waals surface area (Å²) < 4.78 is 0. The van der Waals surface area contributed by atoms with Crippen LogP contribution in [0.25, 0.3) is 0 Å². The molecule has 4 atom stereocenters. The zero-order valence-electron chi connectivity index (χ0n) is 25.2. The van der Waals surface area contributed by atoms with Crippen molar-refractivity contribution < 1.29 is 14.4 Å². The third-order valence-electron chi connectivity index (χ3n) is 9.80. The Hall–Kier alpha value is -3.55. The number of hydrogen-bond acceptors (Lipinski definition) is 3. The van der Waals surface area contributed by atoms with Gasteiger partial charge in [0.15, 0.2) is 0 Å². The number of hydrogen-bond donors (Lipinski definition) is 1. The molecule has 5 rings (SSSR count). The molecule has 0 aliphatic carbocycles. The minimum atomic E-state index is -0.411. The van der Waals surface area contributed by atoms with Crippen LogP contribution in [0.4, 0.5) is 9.59 Å². The van der Waals surface area contributed by atoms with E-state index in [1.807, 2.05) is 22.9 Å². The average Bonchev–Trinajstić information content (AvgIpc) is 3.39. The molecule has 1 unspecified atom stereocenters. The third-order valence-corrected chi connectivity index (χ3v) is 9.80. The van der Waals surface area contributed by atoms with Crippen LogP contribution in [0.15, 0.2) is 42.5 Å². The van der Waals surface area contributed by atoms with Gasteiger partial charge in [-0.05, 0) is 69.6 Å². The lowest BCUT2D eigenvalue weighted by atomic mass is 9.78. The standard InChI is InChI=1S/C33H45N5O3/c1-21-16-22(2)18-27(17-21)24(4)35(5)33(41)38-15-12-26-19-37(31(39)25-10-13-36(14-11-25)32(34)40)20-29(26)30(38)28-9-7-6-8-23(28)3/h6-9,16-18,24-26,29-30H,10-15,19-20H2,1-5H3,(H2,34,40)/t24-,26-,29?,30+/m1/s1. The van der Waals surface area contributed by atoms with Crippen molar-refractivity contribution >= 4 is 18.0 Å². The van der Waals surface area contributed by atoms with E-state index in [1.165, 1.54) is 22.3 Å². The first-order valence-corrected chi connectivity index (χ1v) is 15.1. The van der Waals surface area contributed by atoms with E-state index in [-0.39, 0.29) is 35.9 Å². The number of primary amides is 1. The first-order chi connectivity index (χ1) is 19.5. The number of carbonyl (C=O) groups excluding carboxylic acids is 3. The maximum absolute atomic E-state index is 14.2. The second-order valence-corrected chi connectivity index (χ2v) is 12.5. The molecule has 5 amide bonds. The van der Waals surface area contributed by atoms with Crippen LogP contribution in [0.5, 0.6) is 0 Å². The second kappa shape index (κ2) is 11.7. The van der Waals surface area contributed by atoms with Gasteiger partial charge in [0, 0.05) is 51.6 Å². The number of amides is 5. The molecule has 3 fully saturated rings. The molecular weight excluding hydrogens is 514 g/mol. The van der Waals surface area contributed by atoms with Crippen LogP contribution in [-0.4, -0.2) is 77.3 Å². The van der Waals surface area contributed by atoms with Crippen molar-refractivity contribution in [1.82, 2.24) is 19.6 Å². The van der Waals surface area contributed by atoms with Crippen LogP contribution in [0.1, 0.15) is 66.1 Å². The van der Waals surface area contributed by atoms with Crippen molar-refractivity contribution in [2.45, 2.75) is 59.0 Å². The fourth-order valence-corrected chi connectivity index (χ4v) is 7.39. The third kappa shape index (κ3) is 5.79. The highest BCUT2D eigenvalue weighted by atomic mass is 16.2. The van der Waals surface area contributed by atoms with Gasteiger partial charge in [-0.2, -0.15) is 0 Å². The van der Waals surface area contributed by atoms with E-state index in [4.69, 9.17) is 5.73 Å². The van der Waals surface area contributed by atoms with E-state index in [2.05, 4.69) is 69.0 Å². The Kier molecular flexibility index (Phi) is 8.30. The molecule has 2 aromatic carbocycles. The first-order valence-electron chi connectivity index (χ1n) is 15.1. The molecule has 3 heterocycles. The lowest BCUT2D eigenvalue weighted by Crippen LogP contribution is -2.51. The van der Waals surface area contributed by atoms with E-state index < -0.39 is 6.03 Å². The summed E-state index contributed by atoms with van der Waals surface area (Å²) in [5.74, 6) is 0.629. The number of urea groups is 2. The Morgan fingerprint density at radius 1 is 0.902 bits per heavy atom. The Balaban J connectivity index is 1.38. The Morgan fingerprint density at radius 2 is 1.56 bits per heavy atom. The highest BCUT2D eigenvalue weighted by Gasteiger charge is 2.48. The summed E-state index contributed by atoms with van der Waals surface area (Å²) >= 11 is 0. The zero-order valence-corrected chi connectivity index (χ0v) is 25.2. The molecule has 0 aromatic heterocycles. The highest BCUT2D eigenvalue weighted by Crippen LogP contribution is 2.45. The maximum atomic E-state index is 14.2. The SMILES string of the molecule is Cc1cc(C)cc([C@@H](C)N(C)C(=O)N2CC[C@@H]3CN(C(=O)C4CCN(C(N)=O)CC4)CC3[C@@H]2c2ccccc2C)c1. The molecule has 0 spiro atoms. The normalized spacial score (nSPS) is 23.7. The van der Waals surface area contributed by atoms with Crippen LogP contribution in [-0.2, 0) is 4.79 Å². The first kappa shape index (κ1) is 29.0. The predicted octanol–water partition coefficient (Wildman–Crippen LogP) is 5.04. The smallest absolute Gasteiger partial charge is 0.320 e. The van der Waals surface area contributed by atoms with Crippen molar-refractivity contribution in [3.63, 3.8) is 0 Å². The Morgan fingerprint density at radius 3 is 2.20 bits per heavy atom. The largest absolute Gasteiger partial charge is 0.351 e. The lowest BCUT2D eigenvalue weighted by molar-refractivity contribution is -0.136. The summed E-state index contributed by atoms with van der Waals surface area (Å²) in [7, 11) is 1.91. The molecule has 2 N–H and O–H groups in total. The molecule has 3 aliphatic heterocycles. The van der Waals surface area contributed by atoms with Crippen LogP contribution in [0, 0.1) is 38.5 Å². The highest BCUT2D eigenvalue weighted by molar-refractivity contribution is 5.80. The molecule has 3 saturated heterocycles. The summed E-state index contributed by atoms with van der Waals surface area (Å²) in [5.41, 5.74) is 11.3. The number of carbonyl (C=O) groups is 3. The number of fused-ring (bicyclic) bond motifs is 1. The minimum absolute atomic E-state index is 0.0342. The van der Waals surface area contributed by atoms with Crippen LogP contribution in [0.2, 0.25) is 0 Å². The number of rotatable bonds is 4.